The molecular formula is C15H11BrN2O. The number of benzene rings is 2. The molecule has 0 bridgehead atoms. The first-order chi connectivity index (χ1) is 9.16. The van der Waals surface area contributed by atoms with Crippen LogP contribution in [0.1, 0.15) is 0 Å². The minimum Gasteiger partial charge on any atom is -0.507 e. The second-order valence-electron chi connectivity index (χ2n) is 4.27. The fourth-order valence-corrected chi connectivity index (χ4v) is 2.53. The number of nitrogen functional groups attached to an aromatic ring is 1. The van der Waals surface area contributed by atoms with E-state index in [9.17, 15) is 5.11 Å². The highest BCUT2D eigenvalue weighted by Crippen LogP contribution is 2.38. The van der Waals surface area contributed by atoms with Crippen molar-refractivity contribution in [3.63, 3.8) is 0 Å². The number of aromatic hydroxyl groups is 1. The van der Waals surface area contributed by atoms with Gasteiger partial charge in [0.15, 0.2) is 0 Å². The number of rotatable bonds is 1. The molecular weight excluding hydrogens is 304 g/mol. The summed E-state index contributed by atoms with van der Waals surface area (Å²) in [6.45, 7) is 0. The summed E-state index contributed by atoms with van der Waals surface area (Å²) in [6, 6.07) is 13.0. The Hall–Kier alpha value is -2.07. The summed E-state index contributed by atoms with van der Waals surface area (Å²) < 4.78 is 0.948. The molecule has 3 nitrogen and oxygen atoms in total. The van der Waals surface area contributed by atoms with Gasteiger partial charge in [-0.25, -0.2) is 0 Å². The number of fused-ring (bicyclic) bond motifs is 1. The van der Waals surface area contributed by atoms with Gasteiger partial charge < -0.3 is 10.8 Å². The topological polar surface area (TPSA) is 59.1 Å². The van der Waals surface area contributed by atoms with Gasteiger partial charge in [-0.2, -0.15) is 0 Å². The zero-order valence-electron chi connectivity index (χ0n) is 9.97. The molecule has 1 aromatic heterocycles. The van der Waals surface area contributed by atoms with E-state index in [-0.39, 0.29) is 5.75 Å². The van der Waals surface area contributed by atoms with Gasteiger partial charge in [0.25, 0.3) is 0 Å². The van der Waals surface area contributed by atoms with Gasteiger partial charge in [0.05, 0.1) is 17.4 Å². The first kappa shape index (κ1) is 12.0. The lowest BCUT2D eigenvalue weighted by atomic mass is 9.99. The van der Waals surface area contributed by atoms with E-state index in [0.717, 1.165) is 20.9 Å². The van der Waals surface area contributed by atoms with E-state index in [0.29, 0.717) is 11.3 Å². The van der Waals surface area contributed by atoms with E-state index in [2.05, 4.69) is 20.9 Å². The summed E-state index contributed by atoms with van der Waals surface area (Å²) in [5.74, 6) is 0.210. The lowest BCUT2D eigenvalue weighted by molar-refractivity contribution is 0.477. The van der Waals surface area contributed by atoms with Gasteiger partial charge in [-0.05, 0) is 24.3 Å². The van der Waals surface area contributed by atoms with Crippen molar-refractivity contribution in [2.75, 3.05) is 5.73 Å². The molecule has 0 radical (unpaired) electrons. The molecule has 19 heavy (non-hydrogen) atoms. The minimum absolute atomic E-state index is 0.210. The van der Waals surface area contributed by atoms with E-state index < -0.39 is 0 Å². The average Bonchev–Trinajstić information content (AvgIpc) is 2.40. The van der Waals surface area contributed by atoms with Crippen LogP contribution in [-0.2, 0) is 0 Å². The Morgan fingerprint density at radius 1 is 1.11 bits per heavy atom. The van der Waals surface area contributed by atoms with Crippen molar-refractivity contribution in [2.24, 2.45) is 0 Å². The van der Waals surface area contributed by atoms with Gasteiger partial charge in [-0.3, -0.25) is 4.98 Å². The van der Waals surface area contributed by atoms with Crippen LogP contribution >= 0.6 is 15.9 Å². The highest BCUT2D eigenvalue weighted by atomic mass is 79.9. The molecule has 3 aromatic rings. The standard InChI is InChI=1S/C15H11BrN2O/c16-9-5-6-13-11(7-9)15(12(17)8-18-13)10-3-1-2-4-14(10)19/h1-8,19H,17H2. The van der Waals surface area contributed by atoms with E-state index in [1.165, 1.54) is 0 Å². The monoisotopic (exact) mass is 314 g/mol. The van der Waals surface area contributed by atoms with E-state index >= 15 is 0 Å². The predicted molar refractivity (Wildman–Crippen MR) is 81.0 cm³/mol. The molecule has 0 atom stereocenters. The second-order valence-corrected chi connectivity index (χ2v) is 5.18. The fraction of sp³-hybridized carbons (Fsp3) is 0. The zero-order chi connectivity index (χ0) is 13.4. The summed E-state index contributed by atoms with van der Waals surface area (Å²) in [5.41, 5.74) is 8.96. The van der Waals surface area contributed by atoms with Gasteiger partial charge in [0, 0.05) is 21.0 Å². The third kappa shape index (κ3) is 2.04. The third-order valence-electron chi connectivity index (χ3n) is 3.03. The maximum absolute atomic E-state index is 10.0. The fourth-order valence-electron chi connectivity index (χ4n) is 2.17. The number of para-hydroxylation sites is 1. The Balaban J connectivity index is 2.43. The van der Waals surface area contributed by atoms with Crippen LogP contribution in [-0.4, -0.2) is 10.1 Å². The van der Waals surface area contributed by atoms with Crippen LogP contribution in [0.5, 0.6) is 5.75 Å². The molecule has 0 saturated carbocycles. The molecule has 2 aromatic carbocycles. The molecule has 94 valence electrons. The molecule has 1 heterocycles. The summed E-state index contributed by atoms with van der Waals surface area (Å²) >= 11 is 3.45. The number of hydrogen-bond donors (Lipinski definition) is 2. The van der Waals surface area contributed by atoms with Crippen LogP contribution in [0.3, 0.4) is 0 Å². The molecule has 0 amide bonds. The normalized spacial score (nSPS) is 10.8. The average molecular weight is 315 g/mol. The number of nitrogens with two attached hydrogens (primary N) is 1. The molecule has 4 heteroatoms. The predicted octanol–water partition coefficient (Wildman–Crippen LogP) is 3.95. The quantitative estimate of drug-likeness (QED) is 0.715. The van der Waals surface area contributed by atoms with Gasteiger partial charge in [-0.1, -0.05) is 34.1 Å². The molecule has 0 aliphatic carbocycles. The number of phenols is 1. The molecule has 0 saturated heterocycles. The van der Waals surface area contributed by atoms with Crippen LogP contribution in [0.25, 0.3) is 22.0 Å². The number of phenolic OH excluding ortho intramolecular Hbond substituents is 1. The van der Waals surface area contributed by atoms with E-state index in [1.54, 1.807) is 18.3 Å². The van der Waals surface area contributed by atoms with Crippen LogP contribution < -0.4 is 5.73 Å². The smallest absolute Gasteiger partial charge is 0.123 e. The molecule has 3 N–H and O–H groups in total. The molecule has 0 unspecified atom stereocenters. The molecule has 0 aliphatic heterocycles. The third-order valence-corrected chi connectivity index (χ3v) is 3.53. The van der Waals surface area contributed by atoms with Crippen molar-refractivity contribution in [3.05, 3.63) is 53.1 Å². The second kappa shape index (κ2) is 4.55. The number of halogens is 1. The number of hydrogen-bond acceptors (Lipinski definition) is 3. The Bertz CT molecular complexity index is 766. The summed E-state index contributed by atoms with van der Waals surface area (Å²) in [5, 5.41) is 10.9. The van der Waals surface area contributed by atoms with Crippen LogP contribution in [0, 0.1) is 0 Å². The van der Waals surface area contributed by atoms with Crippen molar-refractivity contribution in [2.45, 2.75) is 0 Å². The first-order valence-electron chi connectivity index (χ1n) is 5.79. The van der Waals surface area contributed by atoms with Crippen molar-refractivity contribution in [3.8, 4) is 16.9 Å². The Morgan fingerprint density at radius 2 is 1.89 bits per heavy atom. The van der Waals surface area contributed by atoms with Gasteiger partial charge >= 0.3 is 0 Å². The van der Waals surface area contributed by atoms with E-state index in [1.807, 2.05) is 30.3 Å². The van der Waals surface area contributed by atoms with Crippen molar-refractivity contribution < 1.29 is 5.11 Å². The molecule has 0 aliphatic rings. The highest BCUT2D eigenvalue weighted by molar-refractivity contribution is 9.10. The summed E-state index contributed by atoms with van der Waals surface area (Å²) in [6.07, 6.45) is 1.62. The van der Waals surface area contributed by atoms with Crippen molar-refractivity contribution >= 4 is 32.5 Å². The number of nitrogens with zero attached hydrogens (tertiary/aromatic N) is 1. The number of pyridine rings is 1. The SMILES string of the molecule is Nc1cnc2ccc(Br)cc2c1-c1ccccc1O. The first-order valence-corrected chi connectivity index (χ1v) is 6.58. The molecule has 3 rings (SSSR count). The van der Waals surface area contributed by atoms with Gasteiger partial charge in [0.2, 0.25) is 0 Å². The van der Waals surface area contributed by atoms with Gasteiger partial charge in [-0.15, -0.1) is 0 Å². The largest absolute Gasteiger partial charge is 0.507 e. The van der Waals surface area contributed by atoms with Crippen LogP contribution in [0.15, 0.2) is 53.1 Å². The molecule has 0 fully saturated rings. The summed E-state index contributed by atoms with van der Waals surface area (Å²) in [7, 11) is 0. The van der Waals surface area contributed by atoms with E-state index in [4.69, 9.17) is 5.73 Å². The highest BCUT2D eigenvalue weighted by Gasteiger charge is 2.12. The Kier molecular flexibility index (Phi) is 2.87. The number of anilines is 1. The van der Waals surface area contributed by atoms with Crippen molar-refractivity contribution in [1.82, 2.24) is 4.98 Å². The maximum atomic E-state index is 10.0. The lowest BCUT2D eigenvalue weighted by Crippen LogP contribution is -1.94. The Labute approximate surface area is 118 Å². The van der Waals surface area contributed by atoms with Crippen LogP contribution in [0.2, 0.25) is 0 Å². The zero-order valence-corrected chi connectivity index (χ0v) is 11.6. The minimum atomic E-state index is 0.210. The van der Waals surface area contributed by atoms with Gasteiger partial charge in [0.1, 0.15) is 5.75 Å². The number of aromatic nitrogens is 1. The Morgan fingerprint density at radius 3 is 2.68 bits per heavy atom. The summed E-state index contributed by atoms with van der Waals surface area (Å²) in [4.78, 5) is 4.31. The maximum Gasteiger partial charge on any atom is 0.123 e. The van der Waals surface area contributed by atoms with Crippen molar-refractivity contribution in [1.29, 1.82) is 0 Å². The molecule has 0 spiro atoms. The van der Waals surface area contributed by atoms with Crippen LogP contribution in [0.4, 0.5) is 5.69 Å². The lowest BCUT2D eigenvalue weighted by Gasteiger charge is -2.11.